The van der Waals surface area contributed by atoms with Crippen LogP contribution in [0.2, 0.25) is 5.02 Å². The normalized spacial score (nSPS) is 11.4. The van der Waals surface area contributed by atoms with Gasteiger partial charge in [-0.05, 0) is 45.0 Å². The number of nitrogens with zero attached hydrogens (tertiary/aromatic N) is 1. The largest absolute Gasteiger partial charge is 0.444 e. The van der Waals surface area contributed by atoms with Crippen LogP contribution >= 0.6 is 11.6 Å². The highest BCUT2D eigenvalue weighted by atomic mass is 35.5. The first kappa shape index (κ1) is 13.6. The van der Waals surface area contributed by atoms with Gasteiger partial charge < -0.3 is 4.74 Å². The molecule has 1 N–H and O–H groups in total. The molecular formula is C14H15ClN2O2. The van der Waals surface area contributed by atoms with Crippen LogP contribution < -0.4 is 5.32 Å². The van der Waals surface area contributed by atoms with Crippen molar-refractivity contribution in [1.82, 2.24) is 4.98 Å². The standard InChI is InChI=1S/C14H15ClN2O2/c1-14(2,3)19-13(18)17-9-4-5-12-10(8-9)11(15)6-7-16-12/h4-8H,1-3H3,(H,17,18). The highest BCUT2D eigenvalue weighted by Crippen LogP contribution is 2.24. The number of anilines is 1. The number of pyridine rings is 1. The molecule has 1 amide bonds. The SMILES string of the molecule is CC(C)(C)OC(=O)Nc1ccc2nccc(Cl)c2c1. The van der Waals surface area contributed by atoms with Gasteiger partial charge in [-0.25, -0.2) is 4.79 Å². The molecule has 0 aliphatic rings. The molecule has 100 valence electrons. The van der Waals surface area contributed by atoms with E-state index >= 15 is 0 Å². The van der Waals surface area contributed by atoms with Crippen molar-refractivity contribution in [3.63, 3.8) is 0 Å². The number of benzene rings is 1. The van der Waals surface area contributed by atoms with Gasteiger partial charge in [0, 0.05) is 17.3 Å². The zero-order valence-corrected chi connectivity index (χ0v) is 11.8. The molecule has 0 aliphatic heterocycles. The second kappa shape index (κ2) is 5.05. The molecule has 5 heteroatoms. The lowest BCUT2D eigenvalue weighted by Crippen LogP contribution is -2.27. The van der Waals surface area contributed by atoms with Gasteiger partial charge in [0.15, 0.2) is 0 Å². The van der Waals surface area contributed by atoms with Crippen molar-refractivity contribution in [2.45, 2.75) is 26.4 Å². The van der Waals surface area contributed by atoms with E-state index in [9.17, 15) is 4.79 Å². The maximum Gasteiger partial charge on any atom is 0.412 e. The Morgan fingerprint density at radius 3 is 2.74 bits per heavy atom. The molecule has 0 unspecified atom stereocenters. The number of hydrogen-bond donors (Lipinski definition) is 1. The van der Waals surface area contributed by atoms with Crippen molar-refractivity contribution < 1.29 is 9.53 Å². The van der Waals surface area contributed by atoms with Gasteiger partial charge in [-0.3, -0.25) is 10.3 Å². The van der Waals surface area contributed by atoms with E-state index in [-0.39, 0.29) is 0 Å². The molecule has 0 saturated carbocycles. The van der Waals surface area contributed by atoms with Crippen molar-refractivity contribution in [3.8, 4) is 0 Å². The number of amides is 1. The van der Waals surface area contributed by atoms with Crippen LogP contribution in [0.15, 0.2) is 30.5 Å². The monoisotopic (exact) mass is 278 g/mol. The summed E-state index contributed by atoms with van der Waals surface area (Å²) in [5.41, 5.74) is 0.874. The molecule has 1 aromatic carbocycles. The molecule has 0 fully saturated rings. The molecule has 1 heterocycles. The average Bonchev–Trinajstić information content (AvgIpc) is 2.27. The summed E-state index contributed by atoms with van der Waals surface area (Å²) in [5, 5.41) is 4.06. The van der Waals surface area contributed by atoms with Crippen LogP contribution in [0.1, 0.15) is 20.8 Å². The van der Waals surface area contributed by atoms with Crippen LogP contribution in [0.4, 0.5) is 10.5 Å². The molecule has 0 radical (unpaired) electrons. The van der Waals surface area contributed by atoms with Crippen LogP contribution in [-0.4, -0.2) is 16.7 Å². The quantitative estimate of drug-likeness (QED) is 0.849. The topological polar surface area (TPSA) is 51.2 Å². The van der Waals surface area contributed by atoms with E-state index in [0.29, 0.717) is 10.7 Å². The molecule has 1 aromatic heterocycles. The first-order chi connectivity index (χ1) is 8.85. The van der Waals surface area contributed by atoms with Crippen molar-refractivity contribution in [3.05, 3.63) is 35.5 Å². The number of fused-ring (bicyclic) bond motifs is 1. The third-order valence-corrected chi connectivity index (χ3v) is 2.66. The first-order valence-electron chi connectivity index (χ1n) is 5.89. The lowest BCUT2D eigenvalue weighted by atomic mass is 10.2. The van der Waals surface area contributed by atoms with E-state index in [1.807, 2.05) is 20.8 Å². The number of carbonyl (C=O) groups is 1. The van der Waals surface area contributed by atoms with Crippen molar-refractivity contribution in [1.29, 1.82) is 0 Å². The van der Waals surface area contributed by atoms with Crippen LogP contribution in [0.25, 0.3) is 10.9 Å². The van der Waals surface area contributed by atoms with Gasteiger partial charge in [-0.2, -0.15) is 0 Å². The number of carbonyl (C=O) groups excluding carboxylic acids is 1. The highest BCUT2D eigenvalue weighted by Gasteiger charge is 2.16. The molecule has 0 saturated heterocycles. The number of halogens is 1. The van der Waals surface area contributed by atoms with Gasteiger partial charge in [0.25, 0.3) is 0 Å². The fourth-order valence-electron chi connectivity index (χ4n) is 1.61. The Kier molecular flexibility index (Phi) is 3.62. The minimum Gasteiger partial charge on any atom is -0.444 e. The average molecular weight is 279 g/mol. The summed E-state index contributed by atoms with van der Waals surface area (Å²) in [6.07, 6.45) is 1.15. The third-order valence-electron chi connectivity index (χ3n) is 2.33. The Labute approximate surface area is 116 Å². The zero-order chi connectivity index (χ0) is 14.0. The Bertz CT molecular complexity index is 620. The van der Waals surface area contributed by atoms with E-state index in [1.165, 1.54) is 0 Å². The Morgan fingerprint density at radius 1 is 1.32 bits per heavy atom. The second-order valence-corrected chi connectivity index (χ2v) is 5.56. The van der Waals surface area contributed by atoms with E-state index in [1.54, 1.807) is 30.5 Å². The lowest BCUT2D eigenvalue weighted by Gasteiger charge is -2.19. The van der Waals surface area contributed by atoms with E-state index in [0.717, 1.165) is 10.9 Å². The summed E-state index contributed by atoms with van der Waals surface area (Å²) in [6, 6.07) is 7.04. The van der Waals surface area contributed by atoms with Gasteiger partial charge in [-0.1, -0.05) is 11.6 Å². The molecule has 19 heavy (non-hydrogen) atoms. The second-order valence-electron chi connectivity index (χ2n) is 5.15. The van der Waals surface area contributed by atoms with Crippen molar-refractivity contribution >= 4 is 34.3 Å². The Hall–Kier alpha value is -1.81. The number of rotatable bonds is 1. The number of nitrogens with one attached hydrogen (secondary N) is 1. The third kappa shape index (κ3) is 3.58. The molecule has 0 spiro atoms. The maximum atomic E-state index is 11.7. The van der Waals surface area contributed by atoms with Crippen LogP contribution in [0.5, 0.6) is 0 Å². The summed E-state index contributed by atoms with van der Waals surface area (Å²) in [4.78, 5) is 15.9. The zero-order valence-electron chi connectivity index (χ0n) is 11.0. The fraction of sp³-hybridized carbons (Fsp3) is 0.286. The first-order valence-corrected chi connectivity index (χ1v) is 6.27. The van der Waals surface area contributed by atoms with Gasteiger partial charge >= 0.3 is 6.09 Å². The minimum absolute atomic E-state index is 0.494. The summed E-state index contributed by atoms with van der Waals surface area (Å²) < 4.78 is 5.19. The molecule has 0 bridgehead atoms. The summed E-state index contributed by atoms with van der Waals surface area (Å²) >= 11 is 6.09. The molecule has 0 aliphatic carbocycles. The van der Waals surface area contributed by atoms with Crippen molar-refractivity contribution in [2.24, 2.45) is 0 Å². The molecule has 2 aromatic rings. The van der Waals surface area contributed by atoms with Gasteiger partial charge in [-0.15, -0.1) is 0 Å². The predicted molar refractivity (Wildman–Crippen MR) is 76.6 cm³/mol. The summed E-state index contributed by atoms with van der Waals surface area (Å²) in [7, 11) is 0. The molecule has 4 nitrogen and oxygen atoms in total. The Morgan fingerprint density at radius 2 is 2.05 bits per heavy atom. The molecule has 2 rings (SSSR count). The predicted octanol–water partition coefficient (Wildman–Crippen LogP) is 4.24. The highest BCUT2D eigenvalue weighted by molar-refractivity contribution is 6.35. The van der Waals surface area contributed by atoms with Crippen LogP contribution in [-0.2, 0) is 4.74 Å². The van der Waals surface area contributed by atoms with Crippen molar-refractivity contribution in [2.75, 3.05) is 5.32 Å². The number of ether oxygens (including phenoxy) is 1. The van der Waals surface area contributed by atoms with E-state index in [2.05, 4.69) is 10.3 Å². The summed E-state index contributed by atoms with van der Waals surface area (Å²) in [6.45, 7) is 5.44. The number of aromatic nitrogens is 1. The Balaban J connectivity index is 2.22. The van der Waals surface area contributed by atoms with E-state index in [4.69, 9.17) is 16.3 Å². The fourth-order valence-corrected chi connectivity index (χ4v) is 1.82. The number of hydrogen-bond acceptors (Lipinski definition) is 3. The minimum atomic E-state index is -0.528. The van der Waals surface area contributed by atoms with Gasteiger partial charge in [0.05, 0.1) is 10.5 Å². The van der Waals surface area contributed by atoms with Crippen LogP contribution in [0.3, 0.4) is 0 Å². The summed E-state index contributed by atoms with van der Waals surface area (Å²) in [5.74, 6) is 0. The maximum absolute atomic E-state index is 11.7. The molecule has 0 atom stereocenters. The van der Waals surface area contributed by atoms with Gasteiger partial charge in [0.2, 0.25) is 0 Å². The molecular weight excluding hydrogens is 264 g/mol. The van der Waals surface area contributed by atoms with Crippen LogP contribution in [0, 0.1) is 0 Å². The smallest absolute Gasteiger partial charge is 0.412 e. The van der Waals surface area contributed by atoms with E-state index < -0.39 is 11.7 Å². The van der Waals surface area contributed by atoms with Gasteiger partial charge in [0.1, 0.15) is 5.60 Å². The lowest BCUT2D eigenvalue weighted by molar-refractivity contribution is 0.0636.